The van der Waals surface area contributed by atoms with E-state index < -0.39 is 0 Å². The standard InChI is InChI=1S/C19H38N2/c1-4-14-20-19-9-7-6-8-17(19)15-21(3)18-12-10-16(5-2)11-13-18/h16-20H,4-15H2,1-3H3. The molecule has 1 N–H and O–H groups in total. The summed E-state index contributed by atoms with van der Waals surface area (Å²) in [6, 6.07) is 1.65. The predicted octanol–water partition coefficient (Wildman–Crippen LogP) is 4.45. The third-order valence-corrected chi connectivity index (χ3v) is 6.11. The maximum absolute atomic E-state index is 3.82. The molecule has 2 unspecified atom stereocenters. The van der Waals surface area contributed by atoms with Gasteiger partial charge >= 0.3 is 0 Å². The zero-order chi connectivity index (χ0) is 15.1. The summed E-state index contributed by atoms with van der Waals surface area (Å²) in [5.74, 6) is 1.91. The van der Waals surface area contributed by atoms with Crippen LogP contribution in [-0.2, 0) is 0 Å². The number of rotatable bonds is 7. The Hall–Kier alpha value is -0.0800. The van der Waals surface area contributed by atoms with Gasteiger partial charge in [0, 0.05) is 18.6 Å². The highest BCUT2D eigenvalue weighted by Crippen LogP contribution is 2.31. The Morgan fingerprint density at radius 2 is 1.67 bits per heavy atom. The second-order valence-corrected chi connectivity index (χ2v) is 7.63. The predicted molar refractivity (Wildman–Crippen MR) is 92.7 cm³/mol. The molecule has 2 heteroatoms. The van der Waals surface area contributed by atoms with Crippen molar-refractivity contribution >= 4 is 0 Å². The molecule has 2 nitrogen and oxygen atoms in total. The summed E-state index contributed by atoms with van der Waals surface area (Å²) in [6.45, 7) is 7.17. The van der Waals surface area contributed by atoms with Crippen molar-refractivity contribution in [1.82, 2.24) is 10.2 Å². The van der Waals surface area contributed by atoms with E-state index in [0.29, 0.717) is 0 Å². The van der Waals surface area contributed by atoms with E-state index in [4.69, 9.17) is 0 Å². The molecule has 2 fully saturated rings. The van der Waals surface area contributed by atoms with Gasteiger partial charge in [0.1, 0.15) is 0 Å². The van der Waals surface area contributed by atoms with Gasteiger partial charge in [0.15, 0.2) is 0 Å². The lowest BCUT2D eigenvalue weighted by molar-refractivity contribution is 0.118. The first-order valence-electron chi connectivity index (χ1n) is 9.68. The summed E-state index contributed by atoms with van der Waals surface area (Å²) in [7, 11) is 2.39. The topological polar surface area (TPSA) is 15.3 Å². The molecule has 124 valence electrons. The third-order valence-electron chi connectivity index (χ3n) is 6.11. The number of hydrogen-bond donors (Lipinski definition) is 1. The van der Waals surface area contributed by atoms with Crippen LogP contribution >= 0.6 is 0 Å². The molecule has 0 aromatic carbocycles. The Morgan fingerprint density at radius 1 is 0.952 bits per heavy atom. The number of nitrogens with one attached hydrogen (secondary N) is 1. The van der Waals surface area contributed by atoms with Gasteiger partial charge in [-0.2, -0.15) is 0 Å². The monoisotopic (exact) mass is 294 g/mol. The molecule has 2 saturated carbocycles. The number of nitrogens with zero attached hydrogens (tertiary/aromatic N) is 1. The van der Waals surface area contributed by atoms with Crippen molar-refractivity contribution in [1.29, 1.82) is 0 Å². The van der Waals surface area contributed by atoms with E-state index in [2.05, 4.69) is 31.1 Å². The summed E-state index contributed by atoms with van der Waals surface area (Å²) < 4.78 is 0. The van der Waals surface area contributed by atoms with E-state index in [1.54, 1.807) is 0 Å². The zero-order valence-electron chi connectivity index (χ0n) is 14.7. The Kier molecular flexibility index (Phi) is 7.53. The highest BCUT2D eigenvalue weighted by molar-refractivity contribution is 4.85. The second-order valence-electron chi connectivity index (χ2n) is 7.63. The molecule has 2 rings (SSSR count). The van der Waals surface area contributed by atoms with Crippen molar-refractivity contribution in [3.8, 4) is 0 Å². The first-order valence-corrected chi connectivity index (χ1v) is 9.68. The van der Waals surface area contributed by atoms with Crippen LogP contribution in [0.1, 0.15) is 78.1 Å². The van der Waals surface area contributed by atoms with Gasteiger partial charge in [-0.25, -0.2) is 0 Å². The van der Waals surface area contributed by atoms with Gasteiger partial charge in [0.25, 0.3) is 0 Å². The van der Waals surface area contributed by atoms with Crippen LogP contribution in [0.3, 0.4) is 0 Å². The van der Waals surface area contributed by atoms with E-state index in [-0.39, 0.29) is 0 Å². The molecule has 0 aromatic heterocycles. The van der Waals surface area contributed by atoms with Crippen LogP contribution in [0.25, 0.3) is 0 Å². The van der Waals surface area contributed by atoms with Crippen molar-refractivity contribution in [3.05, 3.63) is 0 Å². The Balaban J connectivity index is 1.78. The normalized spacial score (nSPS) is 34.3. The maximum Gasteiger partial charge on any atom is 0.0107 e. The molecular weight excluding hydrogens is 256 g/mol. The van der Waals surface area contributed by atoms with E-state index in [1.807, 2.05) is 0 Å². The fourth-order valence-electron chi connectivity index (χ4n) is 4.54. The lowest BCUT2D eigenvalue weighted by Crippen LogP contribution is -2.46. The van der Waals surface area contributed by atoms with E-state index in [0.717, 1.165) is 23.9 Å². The Bertz CT molecular complexity index is 271. The van der Waals surface area contributed by atoms with Crippen LogP contribution in [-0.4, -0.2) is 37.1 Å². The first-order chi connectivity index (χ1) is 10.2. The van der Waals surface area contributed by atoms with Crippen molar-refractivity contribution in [2.24, 2.45) is 11.8 Å². The fraction of sp³-hybridized carbons (Fsp3) is 1.00. The van der Waals surface area contributed by atoms with Crippen molar-refractivity contribution in [3.63, 3.8) is 0 Å². The second kappa shape index (κ2) is 9.15. The Labute approximate surface area is 133 Å². The van der Waals surface area contributed by atoms with Crippen LogP contribution in [0.4, 0.5) is 0 Å². The van der Waals surface area contributed by atoms with Crippen LogP contribution in [0, 0.1) is 11.8 Å². The highest BCUT2D eigenvalue weighted by atomic mass is 15.1. The average Bonchev–Trinajstić information content (AvgIpc) is 2.54. The van der Waals surface area contributed by atoms with Gasteiger partial charge in [-0.05, 0) is 70.4 Å². The minimum absolute atomic E-state index is 0.785. The maximum atomic E-state index is 3.82. The quantitative estimate of drug-likeness (QED) is 0.746. The molecule has 2 atom stereocenters. The molecule has 0 amide bonds. The smallest absolute Gasteiger partial charge is 0.0107 e. The molecule has 0 radical (unpaired) electrons. The highest BCUT2D eigenvalue weighted by Gasteiger charge is 2.29. The van der Waals surface area contributed by atoms with Crippen molar-refractivity contribution in [2.75, 3.05) is 20.1 Å². The molecule has 0 bridgehead atoms. The van der Waals surface area contributed by atoms with E-state index in [1.165, 1.54) is 77.3 Å². The van der Waals surface area contributed by atoms with Crippen LogP contribution in [0.5, 0.6) is 0 Å². The summed E-state index contributed by atoms with van der Waals surface area (Å²) in [5, 5.41) is 3.82. The molecule has 0 heterocycles. The van der Waals surface area contributed by atoms with Gasteiger partial charge in [-0.3, -0.25) is 0 Å². The summed E-state index contributed by atoms with van der Waals surface area (Å²) >= 11 is 0. The molecule has 2 aliphatic carbocycles. The summed E-state index contributed by atoms with van der Waals surface area (Å²) in [4.78, 5) is 2.71. The van der Waals surface area contributed by atoms with Gasteiger partial charge in [-0.15, -0.1) is 0 Å². The van der Waals surface area contributed by atoms with Crippen molar-refractivity contribution in [2.45, 2.75) is 90.1 Å². The lowest BCUT2D eigenvalue weighted by Gasteiger charge is -2.40. The molecular formula is C19H38N2. The van der Waals surface area contributed by atoms with E-state index >= 15 is 0 Å². The minimum Gasteiger partial charge on any atom is -0.314 e. The minimum atomic E-state index is 0.785. The molecule has 0 saturated heterocycles. The van der Waals surface area contributed by atoms with Gasteiger partial charge in [0.05, 0.1) is 0 Å². The molecule has 0 aromatic rings. The average molecular weight is 295 g/mol. The first kappa shape index (κ1) is 17.3. The van der Waals surface area contributed by atoms with Gasteiger partial charge < -0.3 is 10.2 Å². The van der Waals surface area contributed by atoms with Gasteiger partial charge in [0.2, 0.25) is 0 Å². The Morgan fingerprint density at radius 3 is 2.33 bits per heavy atom. The number of hydrogen-bond acceptors (Lipinski definition) is 2. The molecule has 21 heavy (non-hydrogen) atoms. The van der Waals surface area contributed by atoms with Crippen LogP contribution in [0.2, 0.25) is 0 Å². The molecule has 0 aliphatic heterocycles. The summed E-state index contributed by atoms with van der Waals surface area (Å²) in [5.41, 5.74) is 0. The third kappa shape index (κ3) is 5.25. The summed E-state index contributed by atoms with van der Waals surface area (Å²) in [6.07, 6.45) is 14.2. The largest absolute Gasteiger partial charge is 0.314 e. The molecule has 2 aliphatic rings. The fourth-order valence-corrected chi connectivity index (χ4v) is 4.54. The zero-order valence-corrected chi connectivity index (χ0v) is 14.7. The van der Waals surface area contributed by atoms with E-state index in [9.17, 15) is 0 Å². The molecule has 0 spiro atoms. The van der Waals surface area contributed by atoms with Crippen LogP contribution in [0.15, 0.2) is 0 Å². The SMILES string of the molecule is CCCNC1CCCCC1CN(C)C1CCC(CC)CC1. The van der Waals surface area contributed by atoms with Crippen LogP contribution < -0.4 is 5.32 Å². The van der Waals surface area contributed by atoms with Crippen molar-refractivity contribution < 1.29 is 0 Å². The lowest BCUT2D eigenvalue weighted by atomic mass is 9.81. The van der Waals surface area contributed by atoms with Gasteiger partial charge in [-0.1, -0.05) is 33.1 Å².